The molecule has 1 N–H and O–H groups in total. The third kappa shape index (κ3) is 3.60. The third-order valence-electron chi connectivity index (χ3n) is 2.76. The molecule has 1 aromatic carbocycles. The van der Waals surface area contributed by atoms with Crippen LogP contribution in [0.25, 0.3) is 0 Å². The van der Waals surface area contributed by atoms with Crippen LogP contribution in [0.3, 0.4) is 0 Å². The Labute approximate surface area is 120 Å². The van der Waals surface area contributed by atoms with Gasteiger partial charge in [-0.3, -0.25) is 4.79 Å². The monoisotopic (exact) mass is 323 g/mol. The molecule has 0 saturated carbocycles. The van der Waals surface area contributed by atoms with Crippen molar-refractivity contribution in [1.82, 2.24) is 0 Å². The van der Waals surface area contributed by atoms with E-state index in [0.717, 1.165) is 0 Å². The van der Waals surface area contributed by atoms with Crippen LogP contribution in [0, 0.1) is 5.92 Å². The van der Waals surface area contributed by atoms with Crippen molar-refractivity contribution in [1.29, 1.82) is 0 Å². The summed E-state index contributed by atoms with van der Waals surface area (Å²) in [4.78, 5) is 11.6. The van der Waals surface area contributed by atoms with Gasteiger partial charge >= 0.3 is 0 Å². The molecule has 1 saturated heterocycles. The molecular formula is C11H11Cl2NO4S. The zero-order valence-corrected chi connectivity index (χ0v) is 12.1. The van der Waals surface area contributed by atoms with Crippen LogP contribution in [-0.4, -0.2) is 27.5 Å². The minimum absolute atomic E-state index is 0.0320. The van der Waals surface area contributed by atoms with Gasteiger partial charge in [0.25, 0.3) is 9.05 Å². The van der Waals surface area contributed by atoms with Gasteiger partial charge in [-0.05, 0) is 24.6 Å². The van der Waals surface area contributed by atoms with Crippen LogP contribution >= 0.6 is 22.3 Å². The number of hydrogen-bond donors (Lipinski definition) is 1. The zero-order chi connectivity index (χ0) is 14.0. The smallest absolute Gasteiger partial charge is 0.262 e. The molecule has 1 atom stereocenters. The normalized spacial score (nSPS) is 19.4. The summed E-state index contributed by atoms with van der Waals surface area (Å²) in [6, 6.07) is 4.05. The van der Waals surface area contributed by atoms with E-state index in [1.165, 1.54) is 18.2 Å². The Bertz CT molecular complexity index is 597. The number of hydrogen-bond acceptors (Lipinski definition) is 4. The number of carbonyl (C=O) groups is 1. The van der Waals surface area contributed by atoms with Gasteiger partial charge in [-0.1, -0.05) is 11.6 Å². The molecule has 1 heterocycles. The van der Waals surface area contributed by atoms with E-state index in [1.54, 1.807) is 0 Å². The summed E-state index contributed by atoms with van der Waals surface area (Å²) < 4.78 is 27.5. The van der Waals surface area contributed by atoms with E-state index in [9.17, 15) is 13.2 Å². The average Bonchev–Trinajstić information content (AvgIpc) is 2.80. The molecule has 0 bridgehead atoms. The van der Waals surface area contributed by atoms with Crippen molar-refractivity contribution in [3.63, 3.8) is 0 Å². The number of amides is 1. The molecule has 1 unspecified atom stereocenters. The Balaban J connectivity index is 2.14. The first-order chi connectivity index (χ1) is 8.88. The number of rotatable bonds is 3. The number of carbonyl (C=O) groups excluding carboxylic acids is 1. The summed E-state index contributed by atoms with van der Waals surface area (Å²) in [6.45, 7) is 0.968. The number of halogens is 2. The van der Waals surface area contributed by atoms with Crippen molar-refractivity contribution < 1.29 is 17.9 Å². The molecular weight excluding hydrogens is 313 g/mol. The topological polar surface area (TPSA) is 72.5 Å². The van der Waals surface area contributed by atoms with Crippen LogP contribution < -0.4 is 5.32 Å². The van der Waals surface area contributed by atoms with Gasteiger partial charge in [0.15, 0.2) is 0 Å². The van der Waals surface area contributed by atoms with Gasteiger partial charge in [0.1, 0.15) is 4.90 Å². The van der Waals surface area contributed by atoms with Gasteiger partial charge in [-0.2, -0.15) is 0 Å². The fraction of sp³-hybridized carbons (Fsp3) is 0.364. The number of benzene rings is 1. The van der Waals surface area contributed by atoms with Crippen molar-refractivity contribution in [2.75, 3.05) is 18.5 Å². The summed E-state index contributed by atoms with van der Waals surface area (Å²) in [5.74, 6) is -0.356. The fourth-order valence-corrected chi connectivity index (χ4v) is 3.29. The Morgan fingerprint density at radius 2 is 2.16 bits per heavy atom. The molecule has 2 rings (SSSR count). The molecule has 8 heteroatoms. The van der Waals surface area contributed by atoms with Crippen molar-refractivity contribution in [2.45, 2.75) is 11.3 Å². The Morgan fingerprint density at radius 1 is 1.42 bits per heavy atom. The predicted molar refractivity (Wildman–Crippen MR) is 72.0 cm³/mol. The largest absolute Gasteiger partial charge is 0.381 e. The van der Waals surface area contributed by atoms with E-state index in [0.29, 0.717) is 25.3 Å². The van der Waals surface area contributed by atoms with E-state index in [-0.39, 0.29) is 21.7 Å². The van der Waals surface area contributed by atoms with Crippen molar-refractivity contribution in [2.24, 2.45) is 5.92 Å². The maximum atomic E-state index is 11.8. The second-order valence-corrected chi connectivity index (χ2v) is 7.07. The highest BCUT2D eigenvalue weighted by Crippen LogP contribution is 2.28. The third-order valence-corrected chi connectivity index (χ3v) is 4.57. The second-order valence-electron chi connectivity index (χ2n) is 4.13. The van der Waals surface area contributed by atoms with Gasteiger partial charge in [-0.25, -0.2) is 8.42 Å². The van der Waals surface area contributed by atoms with Crippen LogP contribution in [0.4, 0.5) is 5.69 Å². The molecule has 1 aliphatic heterocycles. The van der Waals surface area contributed by atoms with Gasteiger partial charge in [0, 0.05) is 23.0 Å². The lowest BCUT2D eigenvalue weighted by Gasteiger charge is -2.10. The number of anilines is 1. The molecule has 0 aliphatic carbocycles. The molecule has 1 aliphatic rings. The minimum atomic E-state index is -3.89. The van der Waals surface area contributed by atoms with E-state index in [1.807, 2.05) is 0 Å². The number of ether oxygens (including phenoxy) is 1. The van der Waals surface area contributed by atoms with Crippen LogP contribution in [0.2, 0.25) is 5.02 Å². The molecule has 1 fully saturated rings. The molecule has 19 heavy (non-hydrogen) atoms. The first-order valence-electron chi connectivity index (χ1n) is 5.51. The molecule has 5 nitrogen and oxygen atoms in total. The first-order valence-corrected chi connectivity index (χ1v) is 8.19. The Kier molecular flexibility index (Phi) is 4.35. The molecule has 0 aromatic heterocycles. The van der Waals surface area contributed by atoms with Crippen LogP contribution in [0.1, 0.15) is 6.42 Å². The quantitative estimate of drug-likeness (QED) is 0.866. The predicted octanol–water partition coefficient (Wildman–Crippen LogP) is 2.24. The van der Waals surface area contributed by atoms with Gasteiger partial charge in [0.2, 0.25) is 5.91 Å². The summed E-state index contributed by atoms with van der Waals surface area (Å²) in [7, 11) is 1.32. The molecule has 0 radical (unpaired) electrons. The summed E-state index contributed by atoms with van der Waals surface area (Å²) >= 11 is 5.82. The van der Waals surface area contributed by atoms with Gasteiger partial charge in [-0.15, -0.1) is 0 Å². The van der Waals surface area contributed by atoms with Gasteiger partial charge < -0.3 is 10.1 Å². The van der Waals surface area contributed by atoms with E-state index >= 15 is 0 Å². The highest BCUT2D eigenvalue weighted by Gasteiger charge is 2.24. The number of nitrogens with one attached hydrogen (secondary N) is 1. The highest BCUT2D eigenvalue weighted by molar-refractivity contribution is 8.13. The summed E-state index contributed by atoms with van der Waals surface area (Å²) in [5.41, 5.74) is 0.422. The maximum Gasteiger partial charge on any atom is 0.262 e. The minimum Gasteiger partial charge on any atom is -0.381 e. The highest BCUT2D eigenvalue weighted by atomic mass is 35.7. The molecule has 1 aromatic rings. The maximum absolute atomic E-state index is 11.8. The molecule has 0 spiro atoms. The van der Waals surface area contributed by atoms with Crippen LogP contribution in [0.15, 0.2) is 23.1 Å². The van der Waals surface area contributed by atoms with E-state index in [4.69, 9.17) is 27.0 Å². The molecule has 1 amide bonds. The summed E-state index contributed by atoms with van der Waals surface area (Å²) in [6.07, 6.45) is 0.674. The van der Waals surface area contributed by atoms with Crippen LogP contribution in [-0.2, 0) is 18.6 Å². The molecule has 104 valence electrons. The lowest BCUT2D eigenvalue weighted by atomic mass is 10.1. The average molecular weight is 324 g/mol. The van der Waals surface area contributed by atoms with Crippen molar-refractivity contribution in [3.05, 3.63) is 23.2 Å². The van der Waals surface area contributed by atoms with Crippen molar-refractivity contribution in [3.8, 4) is 0 Å². The second kappa shape index (κ2) is 5.66. The van der Waals surface area contributed by atoms with Gasteiger partial charge in [0.05, 0.1) is 17.5 Å². The Hall–Kier alpha value is -0.820. The van der Waals surface area contributed by atoms with E-state index in [2.05, 4.69) is 5.32 Å². The van der Waals surface area contributed by atoms with E-state index < -0.39 is 9.05 Å². The first kappa shape index (κ1) is 14.6. The van der Waals surface area contributed by atoms with Crippen LogP contribution in [0.5, 0.6) is 0 Å². The standard InChI is InChI=1S/C11H11Cl2NO4S/c12-9-5-8(1-2-10(9)19(13,16)17)14-11(15)7-3-4-18-6-7/h1-2,5,7H,3-4,6H2,(H,14,15). The van der Waals surface area contributed by atoms with Crippen molar-refractivity contribution >= 4 is 42.9 Å². The fourth-order valence-electron chi connectivity index (χ4n) is 1.76. The lowest BCUT2D eigenvalue weighted by molar-refractivity contribution is -0.119. The lowest BCUT2D eigenvalue weighted by Crippen LogP contribution is -2.22. The Morgan fingerprint density at radius 3 is 2.68 bits per heavy atom. The zero-order valence-electron chi connectivity index (χ0n) is 9.73. The SMILES string of the molecule is O=C(Nc1ccc(S(=O)(=O)Cl)c(Cl)c1)C1CCOC1. The summed E-state index contributed by atoms with van der Waals surface area (Å²) in [5, 5.41) is 2.63.